The molecule has 2 N–H and O–H groups in total. The van der Waals surface area contributed by atoms with Crippen LogP contribution in [-0.2, 0) is 0 Å². The molecule has 3 aromatic rings. The second kappa shape index (κ2) is 10.5. The van der Waals surface area contributed by atoms with Crippen molar-refractivity contribution in [3.8, 4) is 0 Å². The van der Waals surface area contributed by atoms with E-state index in [2.05, 4.69) is 20.1 Å². The summed E-state index contributed by atoms with van der Waals surface area (Å²) in [6, 6.07) is 7.05. The molecule has 8 nitrogen and oxygen atoms in total. The van der Waals surface area contributed by atoms with E-state index in [0.717, 1.165) is 18.5 Å². The van der Waals surface area contributed by atoms with Gasteiger partial charge in [0, 0.05) is 37.0 Å². The van der Waals surface area contributed by atoms with E-state index in [4.69, 9.17) is 6.57 Å². The number of aliphatic hydroxyl groups excluding tert-OH is 1. The van der Waals surface area contributed by atoms with Crippen LogP contribution in [0.15, 0.2) is 61.7 Å². The van der Waals surface area contributed by atoms with Crippen LogP contribution in [0.2, 0.25) is 0 Å². The van der Waals surface area contributed by atoms with Gasteiger partial charge in [0.05, 0.1) is 12.7 Å². The first-order valence-electron chi connectivity index (χ1n) is 8.54. The molecule has 0 saturated carbocycles. The molecule has 2 aromatic heterocycles. The van der Waals surface area contributed by atoms with E-state index in [0.29, 0.717) is 12.2 Å². The number of rotatable bonds is 5. The zero-order chi connectivity index (χ0) is 19.5. The summed E-state index contributed by atoms with van der Waals surface area (Å²) in [4.78, 5) is 22.2. The summed E-state index contributed by atoms with van der Waals surface area (Å²) in [6.45, 7) is 9.41. The van der Waals surface area contributed by atoms with Crippen LogP contribution >= 0.6 is 0 Å². The highest BCUT2D eigenvalue weighted by Crippen LogP contribution is 2.15. The Hall–Kier alpha value is -3.44. The number of carbonyl (C=O) groups excluding carboxylic acids is 1. The van der Waals surface area contributed by atoms with Gasteiger partial charge in [0.1, 0.15) is 12.7 Å². The predicted octanol–water partition coefficient (Wildman–Crippen LogP) is 3.41. The molecule has 3 rings (SSSR count). The Bertz CT molecular complexity index is 799. The number of aliphatic hydroxyl groups is 1. The molecule has 0 fully saturated rings. The van der Waals surface area contributed by atoms with Crippen molar-refractivity contribution in [2.75, 3.05) is 11.9 Å². The number of anilines is 1. The number of benzene rings is 1. The van der Waals surface area contributed by atoms with Crippen molar-refractivity contribution in [3.63, 3.8) is 0 Å². The minimum absolute atomic E-state index is 0.190. The fraction of sp³-hybridized carbons (Fsp3) is 0.263. The molecule has 140 valence electrons. The number of nitrogens with one attached hydrogen (secondary N) is 1. The Labute approximate surface area is 157 Å². The highest BCUT2D eigenvalue weighted by atomic mass is 16.3. The second-order valence-corrected chi connectivity index (χ2v) is 5.70. The largest absolute Gasteiger partial charge is 0.391 e. The molecule has 8 heteroatoms. The monoisotopic (exact) mass is 366 g/mol. The van der Waals surface area contributed by atoms with Crippen LogP contribution in [-0.4, -0.2) is 42.9 Å². The lowest BCUT2D eigenvalue weighted by atomic mass is 10.2. The molecule has 0 aliphatic carbocycles. The van der Waals surface area contributed by atoms with Crippen LogP contribution in [0.25, 0.3) is 4.85 Å². The van der Waals surface area contributed by atoms with Gasteiger partial charge in [0.25, 0.3) is 0 Å². The maximum Gasteiger partial charge on any atom is 0.338 e. The van der Waals surface area contributed by atoms with Crippen LogP contribution in [0.4, 0.5) is 16.2 Å². The van der Waals surface area contributed by atoms with Gasteiger partial charge >= 0.3 is 6.03 Å². The second-order valence-electron chi connectivity index (χ2n) is 5.70. The smallest absolute Gasteiger partial charge is 0.338 e. The summed E-state index contributed by atoms with van der Waals surface area (Å²) in [5.41, 5.74) is 1.58. The molecule has 1 aromatic carbocycles. The standard InChI is InChI=1S/C12H16N2O.C7H6N4O/c1-3-4-12(15)9-14-11-7-5-10(13-2)6-8-11;12-7(10-3-1-8-5-10)11-4-2-9-6-11/h5-8,12,14-15H,3-4,9H2,1H3;1-6H. The van der Waals surface area contributed by atoms with Crippen LogP contribution in [0.5, 0.6) is 0 Å². The molecule has 27 heavy (non-hydrogen) atoms. The molecule has 1 atom stereocenters. The Kier molecular flexibility index (Phi) is 7.75. The van der Waals surface area contributed by atoms with Gasteiger partial charge in [-0.1, -0.05) is 25.5 Å². The molecule has 0 saturated heterocycles. The van der Waals surface area contributed by atoms with Crippen molar-refractivity contribution in [3.05, 3.63) is 73.1 Å². The van der Waals surface area contributed by atoms with Gasteiger partial charge in [-0.05, 0) is 18.6 Å². The lowest BCUT2D eigenvalue weighted by Crippen LogP contribution is -2.18. The average molecular weight is 366 g/mol. The molecule has 1 unspecified atom stereocenters. The Morgan fingerprint density at radius 2 is 1.78 bits per heavy atom. The topological polar surface area (TPSA) is 89.3 Å². The van der Waals surface area contributed by atoms with Crippen LogP contribution in [0, 0.1) is 6.57 Å². The SMILES string of the molecule is O=C(n1ccnc1)n1ccnc1.[C-]#[N+]c1ccc(NCC(O)CCC)cc1. The minimum Gasteiger partial charge on any atom is -0.391 e. The fourth-order valence-corrected chi connectivity index (χ4v) is 2.20. The Balaban J connectivity index is 0.000000198. The zero-order valence-corrected chi connectivity index (χ0v) is 15.1. The summed E-state index contributed by atoms with van der Waals surface area (Å²) in [5, 5.41) is 12.6. The first kappa shape index (κ1) is 19.9. The molecular weight excluding hydrogens is 344 g/mol. The summed E-state index contributed by atoms with van der Waals surface area (Å²) >= 11 is 0. The van der Waals surface area contributed by atoms with Crippen LogP contribution < -0.4 is 5.32 Å². The van der Waals surface area contributed by atoms with Gasteiger partial charge in [-0.2, -0.15) is 0 Å². The van der Waals surface area contributed by atoms with Gasteiger partial charge in [-0.3, -0.25) is 9.13 Å². The van der Waals surface area contributed by atoms with Crippen molar-refractivity contribution < 1.29 is 9.90 Å². The van der Waals surface area contributed by atoms with E-state index in [-0.39, 0.29) is 12.1 Å². The lowest BCUT2D eigenvalue weighted by Gasteiger charge is -2.11. The van der Waals surface area contributed by atoms with E-state index in [9.17, 15) is 9.90 Å². The number of hydrogen-bond acceptors (Lipinski definition) is 5. The summed E-state index contributed by atoms with van der Waals surface area (Å²) < 4.78 is 2.75. The molecule has 0 amide bonds. The van der Waals surface area contributed by atoms with E-state index in [1.165, 1.54) is 21.8 Å². The normalized spacial score (nSPS) is 11.0. The molecule has 0 aliphatic heterocycles. The third kappa shape index (κ3) is 6.41. The maximum absolute atomic E-state index is 11.4. The molecular formula is C19H22N6O2. The van der Waals surface area contributed by atoms with Crippen LogP contribution in [0.1, 0.15) is 19.8 Å². The Morgan fingerprint density at radius 3 is 2.22 bits per heavy atom. The van der Waals surface area contributed by atoms with E-state index in [1.54, 1.807) is 36.9 Å². The summed E-state index contributed by atoms with van der Waals surface area (Å²) in [7, 11) is 0. The minimum atomic E-state index is -0.296. The average Bonchev–Trinajstić information content (AvgIpc) is 3.41. The highest BCUT2D eigenvalue weighted by Gasteiger charge is 2.04. The highest BCUT2D eigenvalue weighted by molar-refractivity contribution is 5.78. The van der Waals surface area contributed by atoms with Crippen molar-refractivity contribution in [2.45, 2.75) is 25.9 Å². The quantitative estimate of drug-likeness (QED) is 0.676. The van der Waals surface area contributed by atoms with Gasteiger partial charge in [-0.25, -0.2) is 19.6 Å². The third-order valence-corrected chi connectivity index (χ3v) is 3.61. The summed E-state index contributed by atoms with van der Waals surface area (Å²) in [6.07, 6.45) is 10.7. The molecule has 0 aliphatic rings. The zero-order valence-electron chi connectivity index (χ0n) is 15.1. The van der Waals surface area contributed by atoms with E-state index in [1.807, 2.05) is 19.1 Å². The lowest BCUT2D eigenvalue weighted by molar-refractivity contribution is 0.176. The first-order valence-corrected chi connectivity index (χ1v) is 8.54. The van der Waals surface area contributed by atoms with E-state index >= 15 is 0 Å². The fourth-order valence-electron chi connectivity index (χ4n) is 2.20. The van der Waals surface area contributed by atoms with Crippen LogP contribution in [0.3, 0.4) is 0 Å². The maximum atomic E-state index is 11.4. The molecule has 2 heterocycles. The van der Waals surface area contributed by atoms with E-state index < -0.39 is 0 Å². The summed E-state index contributed by atoms with van der Waals surface area (Å²) in [5.74, 6) is 0. The number of nitrogens with zero attached hydrogens (tertiary/aromatic N) is 5. The number of aromatic nitrogens is 4. The van der Waals surface area contributed by atoms with Gasteiger partial charge < -0.3 is 10.4 Å². The first-order chi connectivity index (χ1) is 13.1. The number of imidazole rings is 2. The van der Waals surface area contributed by atoms with Gasteiger partial charge in [0.2, 0.25) is 0 Å². The third-order valence-electron chi connectivity index (χ3n) is 3.61. The molecule has 0 radical (unpaired) electrons. The van der Waals surface area contributed by atoms with Crippen molar-refractivity contribution in [1.29, 1.82) is 0 Å². The number of carbonyl (C=O) groups is 1. The Morgan fingerprint density at radius 1 is 1.19 bits per heavy atom. The predicted molar refractivity (Wildman–Crippen MR) is 103 cm³/mol. The molecule has 0 bridgehead atoms. The van der Waals surface area contributed by atoms with Gasteiger partial charge in [-0.15, -0.1) is 0 Å². The van der Waals surface area contributed by atoms with Crippen molar-refractivity contribution in [2.24, 2.45) is 0 Å². The van der Waals surface area contributed by atoms with Crippen molar-refractivity contribution >= 4 is 17.4 Å². The molecule has 0 spiro atoms. The van der Waals surface area contributed by atoms with Gasteiger partial charge in [0.15, 0.2) is 5.69 Å². The number of hydrogen-bond donors (Lipinski definition) is 2. The van der Waals surface area contributed by atoms with Crippen molar-refractivity contribution in [1.82, 2.24) is 19.1 Å².